The van der Waals surface area contributed by atoms with Crippen molar-refractivity contribution in [1.29, 1.82) is 0 Å². The van der Waals surface area contributed by atoms with Gasteiger partial charge >= 0.3 is 0 Å². The van der Waals surface area contributed by atoms with Gasteiger partial charge in [-0.3, -0.25) is 0 Å². The van der Waals surface area contributed by atoms with Crippen LogP contribution in [0.5, 0.6) is 0 Å². The Bertz CT molecular complexity index is 74.0. The zero-order chi connectivity index (χ0) is 8.53. The molecule has 2 N–H and O–H groups in total. The summed E-state index contributed by atoms with van der Waals surface area (Å²) in [5, 5.41) is 0. The van der Waals surface area contributed by atoms with Crippen LogP contribution in [0.4, 0.5) is 0 Å². The summed E-state index contributed by atoms with van der Waals surface area (Å²) >= 11 is 2.29. The molecule has 0 heterocycles. The van der Waals surface area contributed by atoms with Crippen molar-refractivity contribution in [1.82, 2.24) is 0 Å². The van der Waals surface area contributed by atoms with Crippen molar-refractivity contribution in [2.45, 2.75) is 55.9 Å². The van der Waals surface area contributed by atoms with Gasteiger partial charge in [-0.05, 0) is 6.42 Å². The second-order valence-corrected chi connectivity index (χ2v) is 4.67. The molecule has 0 bridgehead atoms. The molecule has 0 saturated carbocycles. The van der Waals surface area contributed by atoms with E-state index < -0.39 is 0 Å². The second kappa shape index (κ2) is 8.78. The molecule has 1 atom stereocenters. The Morgan fingerprint density at radius 1 is 1.09 bits per heavy atom. The molecule has 0 radical (unpaired) electrons. The van der Waals surface area contributed by atoms with Crippen molar-refractivity contribution in [2.24, 2.45) is 5.73 Å². The SMILES string of the molecule is CCCCCCCCC(N)I. The molecule has 0 aromatic carbocycles. The number of hydrogen-bond acceptors (Lipinski definition) is 1. The lowest BCUT2D eigenvalue weighted by Gasteiger charge is -2.02. The number of nitrogens with two attached hydrogens (primary N) is 1. The second-order valence-electron chi connectivity index (χ2n) is 3.07. The molecular weight excluding hydrogens is 249 g/mol. The molecule has 2 heteroatoms. The molecule has 0 spiro atoms. The Hall–Kier alpha value is 0.690. The van der Waals surface area contributed by atoms with Crippen LogP contribution < -0.4 is 5.73 Å². The van der Waals surface area contributed by atoms with Crippen LogP contribution in [0.15, 0.2) is 0 Å². The lowest BCUT2D eigenvalue weighted by molar-refractivity contribution is 0.589. The lowest BCUT2D eigenvalue weighted by Crippen LogP contribution is -2.09. The number of alkyl halides is 1. The molecule has 1 nitrogen and oxygen atoms in total. The molecule has 0 aromatic heterocycles. The summed E-state index contributed by atoms with van der Waals surface area (Å²) in [5.74, 6) is 0. The summed E-state index contributed by atoms with van der Waals surface area (Å²) in [4.78, 5) is 0. The minimum Gasteiger partial charge on any atom is -0.320 e. The van der Waals surface area contributed by atoms with Gasteiger partial charge in [0.05, 0.1) is 4.05 Å². The van der Waals surface area contributed by atoms with E-state index >= 15 is 0 Å². The standard InChI is InChI=1S/C9H20IN/c1-2-3-4-5-6-7-8-9(10)11/h9H,2-8,11H2,1H3. The number of hydrogen-bond donors (Lipinski definition) is 1. The van der Waals surface area contributed by atoms with Gasteiger partial charge in [0, 0.05) is 0 Å². The van der Waals surface area contributed by atoms with Gasteiger partial charge in [-0.1, -0.05) is 68.0 Å². The zero-order valence-corrected chi connectivity index (χ0v) is 9.64. The van der Waals surface area contributed by atoms with Crippen LogP contribution in [0.2, 0.25) is 0 Å². The average molecular weight is 269 g/mol. The summed E-state index contributed by atoms with van der Waals surface area (Å²) in [6, 6.07) is 0. The van der Waals surface area contributed by atoms with Crippen molar-refractivity contribution in [3.05, 3.63) is 0 Å². The Kier molecular flexibility index (Phi) is 9.33. The Balaban J connectivity index is 2.80. The van der Waals surface area contributed by atoms with Crippen molar-refractivity contribution in [2.75, 3.05) is 0 Å². The minimum absolute atomic E-state index is 0.374. The van der Waals surface area contributed by atoms with E-state index in [1.54, 1.807) is 0 Å². The van der Waals surface area contributed by atoms with Crippen molar-refractivity contribution < 1.29 is 0 Å². The van der Waals surface area contributed by atoms with Crippen molar-refractivity contribution in [3.8, 4) is 0 Å². The van der Waals surface area contributed by atoms with Crippen LogP contribution in [-0.4, -0.2) is 4.05 Å². The average Bonchev–Trinajstić information content (AvgIpc) is 1.96. The van der Waals surface area contributed by atoms with Gasteiger partial charge in [-0.25, -0.2) is 0 Å². The van der Waals surface area contributed by atoms with Gasteiger partial charge in [0.15, 0.2) is 0 Å². The third-order valence-corrected chi connectivity index (χ3v) is 2.46. The molecule has 0 saturated heterocycles. The van der Waals surface area contributed by atoms with Gasteiger partial charge in [0.1, 0.15) is 0 Å². The van der Waals surface area contributed by atoms with E-state index in [1.807, 2.05) is 0 Å². The molecule has 1 unspecified atom stereocenters. The maximum atomic E-state index is 5.62. The number of unbranched alkanes of at least 4 members (excludes halogenated alkanes) is 5. The maximum Gasteiger partial charge on any atom is 0.0568 e. The van der Waals surface area contributed by atoms with Gasteiger partial charge in [-0.2, -0.15) is 0 Å². The van der Waals surface area contributed by atoms with E-state index in [4.69, 9.17) is 5.73 Å². The molecule has 0 aliphatic carbocycles. The lowest BCUT2D eigenvalue weighted by atomic mass is 10.1. The molecule has 0 aromatic rings. The fraction of sp³-hybridized carbons (Fsp3) is 1.00. The van der Waals surface area contributed by atoms with Crippen LogP contribution in [0, 0.1) is 0 Å². The number of halogens is 1. The maximum absolute atomic E-state index is 5.62. The Morgan fingerprint density at radius 2 is 1.64 bits per heavy atom. The first kappa shape index (κ1) is 11.7. The highest BCUT2D eigenvalue weighted by molar-refractivity contribution is 14.1. The predicted molar refractivity (Wildman–Crippen MR) is 60.0 cm³/mol. The summed E-state index contributed by atoms with van der Waals surface area (Å²) in [6.07, 6.45) is 9.42. The molecule has 68 valence electrons. The highest BCUT2D eigenvalue weighted by Crippen LogP contribution is 2.09. The molecular formula is C9H20IN. The van der Waals surface area contributed by atoms with Gasteiger partial charge in [-0.15, -0.1) is 0 Å². The van der Waals surface area contributed by atoms with Crippen LogP contribution in [0.3, 0.4) is 0 Å². The van der Waals surface area contributed by atoms with Crippen molar-refractivity contribution in [3.63, 3.8) is 0 Å². The Morgan fingerprint density at radius 3 is 2.18 bits per heavy atom. The van der Waals surface area contributed by atoms with Crippen LogP contribution >= 0.6 is 22.6 Å². The first-order valence-corrected chi connectivity index (χ1v) is 5.91. The van der Waals surface area contributed by atoms with E-state index in [-0.39, 0.29) is 0 Å². The topological polar surface area (TPSA) is 26.0 Å². The fourth-order valence-corrected chi connectivity index (χ4v) is 1.56. The Labute approximate surface area is 84.3 Å². The van der Waals surface area contributed by atoms with Crippen LogP contribution in [0.1, 0.15) is 51.9 Å². The highest BCUT2D eigenvalue weighted by atomic mass is 127. The summed E-state index contributed by atoms with van der Waals surface area (Å²) < 4.78 is 0.374. The first-order chi connectivity index (χ1) is 5.27. The van der Waals surface area contributed by atoms with E-state index in [1.165, 1.54) is 44.9 Å². The van der Waals surface area contributed by atoms with Crippen LogP contribution in [-0.2, 0) is 0 Å². The largest absolute Gasteiger partial charge is 0.320 e. The zero-order valence-electron chi connectivity index (χ0n) is 7.48. The molecule has 0 amide bonds. The quantitative estimate of drug-likeness (QED) is 0.326. The summed E-state index contributed by atoms with van der Waals surface area (Å²) in [6.45, 7) is 2.25. The molecule has 0 fully saturated rings. The normalized spacial score (nSPS) is 13.4. The van der Waals surface area contributed by atoms with E-state index in [9.17, 15) is 0 Å². The number of rotatable bonds is 7. The third-order valence-electron chi connectivity index (χ3n) is 1.83. The molecule has 11 heavy (non-hydrogen) atoms. The van der Waals surface area contributed by atoms with Gasteiger partial charge in [0.25, 0.3) is 0 Å². The van der Waals surface area contributed by atoms with Crippen molar-refractivity contribution >= 4 is 22.6 Å². The van der Waals surface area contributed by atoms with E-state index in [0.717, 1.165) is 0 Å². The predicted octanol–water partition coefficient (Wildman–Crippen LogP) is 3.46. The molecule has 0 aliphatic heterocycles. The van der Waals surface area contributed by atoms with Gasteiger partial charge in [0.2, 0.25) is 0 Å². The minimum atomic E-state index is 0.374. The van der Waals surface area contributed by atoms with E-state index in [2.05, 4.69) is 29.5 Å². The first-order valence-electron chi connectivity index (χ1n) is 4.67. The monoisotopic (exact) mass is 269 g/mol. The molecule has 0 rings (SSSR count). The third kappa shape index (κ3) is 10.7. The smallest absolute Gasteiger partial charge is 0.0568 e. The van der Waals surface area contributed by atoms with E-state index in [0.29, 0.717) is 4.05 Å². The summed E-state index contributed by atoms with van der Waals surface area (Å²) in [7, 11) is 0. The fourth-order valence-electron chi connectivity index (χ4n) is 1.12. The summed E-state index contributed by atoms with van der Waals surface area (Å²) in [5.41, 5.74) is 5.62. The van der Waals surface area contributed by atoms with Crippen LogP contribution in [0.25, 0.3) is 0 Å². The highest BCUT2D eigenvalue weighted by Gasteiger charge is 1.94. The molecule has 0 aliphatic rings. The van der Waals surface area contributed by atoms with Gasteiger partial charge < -0.3 is 5.73 Å².